The molecule has 2 aromatic carbocycles. The predicted octanol–water partition coefficient (Wildman–Crippen LogP) is 4.13. The van der Waals surface area contributed by atoms with Gasteiger partial charge < -0.3 is 20.3 Å². The molecule has 8 heteroatoms. The number of H-pyrrole nitrogens is 1. The number of carboxylic acid groups (broad SMARTS) is 1. The summed E-state index contributed by atoms with van der Waals surface area (Å²) in [5.74, 6) is -2.06. The lowest BCUT2D eigenvalue weighted by Gasteiger charge is -2.22. The van der Waals surface area contributed by atoms with Crippen LogP contribution in [0.2, 0.25) is 0 Å². The van der Waals surface area contributed by atoms with Crippen LogP contribution >= 0.6 is 0 Å². The molecule has 3 aromatic rings. The first kappa shape index (κ1) is 17.7. The molecule has 6 nitrogen and oxygen atoms in total. The fraction of sp³-hybridized carbons (Fsp3) is 0.222. The Morgan fingerprint density at radius 1 is 1.23 bits per heavy atom. The van der Waals surface area contributed by atoms with Crippen LogP contribution in [0.15, 0.2) is 30.3 Å². The highest BCUT2D eigenvalue weighted by Crippen LogP contribution is 2.28. The second-order valence-corrected chi connectivity index (χ2v) is 5.70. The van der Waals surface area contributed by atoms with Crippen LogP contribution in [0, 0.1) is 11.6 Å². The monoisotopic (exact) mass is 360 g/mol. The number of hydrogen-bond donors (Lipinski definition) is 3. The molecule has 1 heterocycles. The smallest absolute Gasteiger partial charge is 0.337 e. The number of hydrogen-bond acceptors (Lipinski definition) is 4. The van der Waals surface area contributed by atoms with Crippen molar-refractivity contribution in [3.63, 3.8) is 0 Å². The molecule has 0 aliphatic carbocycles. The Kier molecular flexibility index (Phi) is 4.75. The first-order valence-corrected chi connectivity index (χ1v) is 8.17. The van der Waals surface area contributed by atoms with Crippen molar-refractivity contribution in [1.29, 1.82) is 0 Å². The lowest BCUT2D eigenvalue weighted by Crippen LogP contribution is -2.24. The molecule has 0 aliphatic rings. The lowest BCUT2D eigenvalue weighted by atomic mass is 10.1. The molecule has 3 rings (SSSR count). The van der Waals surface area contributed by atoms with Gasteiger partial charge in [0.15, 0.2) is 0 Å². The van der Waals surface area contributed by atoms with Crippen molar-refractivity contribution in [1.82, 2.24) is 9.97 Å². The van der Waals surface area contributed by atoms with Gasteiger partial charge in [0.25, 0.3) is 0 Å². The standard InChI is InChI=1S/C18H18F2N4O2/c1-3-24(4-2)16-9-15-14(8-11(16)17(25)26)22-18(23-15)21-13-7-10(19)5-6-12(13)20/h5-9H,3-4H2,1-2H3,(H,25,26)(H2,21,22,23). The lowest BCUT2D eigenvalue weighted by molar-refractivity contribution is 0.0697. The first-order chi connectivity index (χ1) is 12.4. The van der Waals surface area contributed by atoms with Crippen LogP contribution in [-0.2, 0) is 0 Å². The van der Waals surface area contributed by atoms with Gasteiger partial charge in [-0.05, 0) is 38.1 Å². The minimum absolute atomic E-state index is 0.0634. The molecule has 0 amide bonds. The van der Waals surface area contributed by atoms with Gasteiger partial charge in [-0.1, -0.05) is 0 Å². The van der Waals surface area contributed by atoms with Gasteiger partial charge in [-0.25, -0.2) is 18.6 Å². The molecule has 0 spiro atoms. The normalized spacial score (nSPS) is 10.9. The Balaban J connectivity index is 2.05. The van der Waals surface area contributed by atoms with Crippen LogP contribution in [0.1, 0.15) is 24.2 Å². The summed E-state index contributed by atoms with van der Waals surface area (Å²) in [7, 11) is 0. The molecule has 0 saturated carbocycles. The van der Waals surface area contributed by atoms with Gasteiger partial charge in [0, 0.05) is 19.2 Å². The molecule has 0 bridgehead atoms. The number of halogens is 2. The van der Waals surface area contributed by atoms with E-state index in [-0.39, 0.29) is 17.2 Å². The van der Waals surface area contributed by atoms with Crippen LogP contribution in [0.4, 0.5) is 26.1 Å². The van der Waals surface area contributed by atoms with E-state index in [0.717, 1.165) is 18.2 Å². The maximum atomic E-state index is 13.8. The summed E-state index contributed by atoms with van der Waals surface area (Å²) in [6.07, 6.45) is 0. The van der Waals surface area contributed by atoms with Crippen molar-refractivity contribution in [3.05, 3.63) is 47.5 Å². The highest BCUT2D eigenvalue weighted by molar-refractivity contribution is 6.00. The number of carboxylic acids is 1. The molecule has 0 radical (unpaired) electrons. The number of anilines is 3. The minimum atomic E-state index is -1.05. The van der Waals surface area contributed by atoms with Crippen molar-refractivity contribution in [2.45, 2.75) is 13.8 Å². The predicted molar refractivity (Wildman–Crippen MR) is 96.3 cm³/mol. The molecular weight excluding hydrogens is 342 g/mol. The van der Waals surface area contributed by atoms with E-state index < -0.39 is 17.6 Å². The number of fused-ring (bicyclic) bond motifs is 1. The molecule has 0 aliphatic heterocycles. The van der Waals surface area contributed by atoms with Crippen molar-refractivity contribution < 1.29 is 18.7 Å². The molecule has 0 unspecified atom stereocenters. The van der Waals surface area contributed by atoms with Crippen LogP contribution in [0.3, 0.4) is 0 Å². The second-order valence-electron chi connectivity index (χ2n) is 5.70. The Hall–Kier alpha value is -3.16. The number of carbonyl (C=O) groups is 1. The summed E-state index contributed by atoms with van der Waals surface area (Å²) in [6.45, 7) is 5.16. The second kappa shape index (κ2) is 6.99. The molecular formula is C18H18F2N4O2. The Labute approximate surface area is 148 Å². The quantitative estimate of drug-likeness (QED) is 0.616. The molecule has 0 fully saturated rings. The van der Waals surface area contributed by atoms with Gasteiger partial charge >= 0.3 is 5.97 Å². The zero-order valence-electron chi connectivity index (χ0n) is 14.3. The van der Waals surface area contributed by atoms with Gasteiger partial charge in [0.05, 0.1) is 28.0 Å². The maximum absolute atomic E-state index is 13.8. The third-order valence-electron chi connectivity index (χ3n) is 4.12. The summed E-state index contributed by atoms with van der Waals surface area (Å²) >= 11 is 0. The number of nitrogens with one attached hydrogen (secondary N) is 2. The van der Waals surface area contributed by atoms with Crippen LogP contribution in [0.25, 0.3) is 11.0 Å². The summed E-state index contributed by atoms with van der Waals surface area (Å²) < 4.78 is 27.1. The van der Waals surface area contributed by atoms with E-state index in [1.165, 1.54) is 6.07 Å². The van der Waals surface area contributed by atoms with E-state index in [4.69, 9.17) is 0 Å². The summed E-state index contributed by atoms with van der Waals surface area (Å²) in [4.78, 5) is 20.7. The van der Waals surface area contributed by atoms with Crippen molar-refractivity contribution in [2.24, 2.45) is 0 Å². The number of aromatic carboxylic acids is 1. The molecule has 0 saturated heterocycles. The topological polar surface area (TPSA) is 81.2 Å². The van der Waals surface area contributed by atoms with Crippen LogP contribution in [-0.4, -0.2) is 34.1 Å². The zero-order valence-corrected chi connectivity index (χ0v) is 14.3. The first-order valence-electron chi connectivity index (χ1n) is 8.17. The zero-order chi connectivity index (χ0) is 18.8. The number of imidazole rings is 1. The van der Waals surface area contributed by atoms with Gasteiger partial charge in [-0.3, -0.25) is 0 Å². The number of rotatable bonds is 6. The summed E-state index contributed by atoms with van der Waals surface area (Å²) in [6, 6.07) is 6.23. The van der Waals surface area contributed by atoms with Gasteiger partial charge in [-0.2, -0.15) is 0 Å². The molecule has 0 atom stereocenters. The Bertz CT molecular complexity index is 967. The fourth-order valence-corrected chi connectivity index (χ4v) is 2.82. The van der Waals surface area contributed by atoms with Crippen molar-refractivity contribution in [2.75, 3.05) is 23.3 Å². The maximum Gasteiger partial charge on any atom is 0.337 e. The van der Waals surface area contributed by atoms with E-state index in [9.17, 15) is 18.7 Å². The molecule has 3 N–H and O–H groups in total. The van der Waals surface area contributed by atoms with Gasteiger partial charge in [0.2, 0.25) is 5.95 Å². The Morgan fingerprint density at radius 2 is 1.96 bits per heavy atom. The number of benzene rings is 2. The largest absolute Gasteiger partial charge is 0.478 e. The highest BCUT2D eigenvalue weighted by atomic mass is 19.1. The third kappa shape index (κ3) is 3.30. The van der Waals surface area contributed by atoms with Gasteiger partial charge in [0.1, 0.15) is 11.6 Å². The van der Waals surface area contributed by atoms with E-state index in [1.54, 1.807) is 6.07 Å². The minimum Gasteiger partial charge on any atom is -0.478 e. The molecule has 1 aromatic heterocycles. The third-order valence-corrected chi connectivity index (χ3v) is 4.12. The fourth-order valence-electron chi connectivity index (χ4n) is 2.82. The summed E-state index contributed by atoms with van der Waals surface area (Å²) in [5.41, 5.74) is 1.65. The van der Waals surface area contributed by atoms with Crippen molar-refractivity contribution >= 4 is 34.3 Å². The molecule has 26 heavy (non-hydrogen) atoms. The van der Waals surface area contributed by atoms with Crippen LogP contribution in [0.5, 0.6) is 0 Å². The van der Waals surface area contributed by atoms with E-state index in [2.05, 4.69) is 15.3 Å². The van der Waals surface area contributed by atoms with E-state index in [1.807, 2.05) is 18.7 Å². The summed E-state index contributed by atoms with van der Waals surface area (Å²) in [5, 5.41) is 12.2. The number of nitrogens with zero attached hydrogens (tertiary/aromatic N) is 2. The molecule has 136 valence electrons. The van der Waals surface area contributed by atoms with E-state index in [0.29, 0.717) is 29.8 Å². The van der Waals surface area contributed by atoms with Crippen LogP contribution < -0.4 is 10.2 Å². The SMILES string of the molecule is CCN(CC)c1cc2nc(Nc3cc(F)ccc3F)[nH]c2cc1C(=O)O. The van der Waals surface area contributed by atoms with Gasteiger partial charge in [-0.15, -0.1) is 0 Å². The highest BCUT2D eigenvalue weighted by Gasteiger charge is 2.18. The van der Waals surface area contributed by atoms with E-state index >= 15 is 0 Å². The average molecular weight is 360 g/mol. The Morgan fingerprint density at radius 3 is 2.62 bits per heavy atom. The average Bonchev–Trinajstić information content (AvgIpc) is 2.99. The number of aromatic amines is 1. The number of aromatic nitrogens is 2. The van der Waals surface area contributed by atoms with Crippen molar-refractivity contribution in [3.8, 4) is 0 Å².